The molecule has 420 valence electrons. The number of furan rings is 1. The van der Waals surface area contributed by atoms with Crippen molar-refractivity contribution in [1.29, 1.82) is 0 Å². The van der Waals surface area contributed by atoms with Gasteiger partial charge in [-0.1, -0.05) is 274 Å². The minimum absolute atomic E-state index is 0.101. The molecule has 2 atom stereocenters. The van der Waals surface area contributed by atoms with E-state index in [0.29, 0.717) is 0 Å². The third kappa shape index (κ3) is 8.49. The number of hydrogen-bond acceptors (Lipinski definition) is 3. The van der Waals surface area contributed by atoms with E-state index in [0.717, 1.165) is 72.6 Å². The molecule has 3 aliphatic rings. The highest BCUT2D eigenvalue weighted by atomic mass is 16.3. The summed E-state index contributed by atoms with van der Waals surface area (Å²) in [6.07, 6.45) is 6.99. The first-order valence-electron chi connectivity index (χ1n) is 31.0. The smallest absolute Gasteiger partial charge is 0.143 e. The number of para-hydroxylation sites is 2. The summed E-state index contributed by atoms with van der Waals surface area (Å²) in [6, 6.07) is 116. The van der Waals surface area contributed by atoms with Crippen LogP contribution in [0.4, 0.5) is 28.4 Å². The first-order valence-corrected chi connectivity index (χ1v) is 31.0. The van der Waals surface area contributed by atoms with E-state index in [1.54, 1.807) is 0 Å². The van der Waals surface area contributed by atoms with Crippen molar-refractivity contribution < 1.29 is 4.42 Å². The third-order valence-electron chi connectivity index (χ3n) is 19.1. The summed E-state index contributed by atoms with van der Waals surface area (Å²) in [5.41, 5.74) is 28.5. The van der Waals surface area contributed by atoms with Gasteiger partial charge in [0.25, 0.3) is 0 Å². The SMILES string of the molecule is CC1C(N(c2ccc(-c3ccccc3)cc2)c2cc(-c3cccc4c3-c3ccccc3C43c4ccccc4-c4ccccc43)cc(N(c3ccc(-c4ccccc4)cc3)c3ccc(-c4cccc5c4oc4ccccc45)cc3)c2)=CC=CC1c1ccccc1. The maximum Gasteiger partial charge on any atom is 0.143 e. The van der Waals surface area contributed by atoms with Gasteiger partial charge >= 0.3 is 0 Å². The van der Waals surface area contributed by atoms with E-state index in [1.807, 2.05) is 6.07 Å². The summed E-state index contributed by atoms with van der Waals surface area (Å²) in [7, 11) is 0. The van der Waals surface area contributed by atoms with Gasteiger partial charge in [0, 0.05) is 62.3 Å². The maximum atomic E-state index is 6.64. The predicted molar refractivity (Wildman–Crippen MR) is 371 cm³/mol. The van der Waals surface area contributed by atoms with Gasteiger partial charge in [0.2, 0.25) is 0 Å². The number of nitrogens with zero attached hydrogens (tertiary/aromatic N) is 2. The summed E-state index contributed by atoms with van der Waals surface area (Å²) in [6.45, 7) is 2.40. The second kappa shape index (κ2) is 21.3. The van der Waals surface area contributed by atoms with Crippen molar-refractivity contribution in [2.75, 3.05) is 9.80 Å². The van der Waals surface area contributed by atoms with Crippen molar-refractivity contribution in [3.8, 4) is 66.8 Å². The first kappa shape index (κ1) is 52.1. The Hall–Kier alpha value is -11.3. The molecule has 0 saturated carbocycles. The van der Waals surface area contributed by atoms with Crippen LogP contribution in [0.3, 0.4) is 0 Å². The van der Waals surface area contributed by atoms with Gasteiger partial charge in [0.05, 0.1) is 5.41 Å². The van der Waals surface area contributed by atoms with E-state index in [-0.39, 0.29) is 11.8 Å². The number of benzene rings is 13. The Morgan fingerprint density at radius 2 is 0.775 bits per heavy atom. The van der Waals surface area contributed by atoms with Gasteiger partial charge in [-0.3, -0.25) is 0 Å². The van der Waals surface area contributed by atoms with Crippen molar-refractivity contribution in [1.82, 2.24) is 0 Å². The Morgan fingerprint density at radius 1 is 0.326 bits per heavy atom. The molecule has 2 unspecified atom stereocenters. The van der Waals surface area contributed by atoms with E-state index < -0.39 is 5.41 Å². The molecule has 0 aliphatic heterocycles. The summed E-state index contributed by atoms with van der Waals surface area (Å²) >= 11 is 0. The summed E-state index contributed by atoms with van der Waals surface area (Å²) in [5, 5.41) is 2.23. The Morgan fingerprint density at radius 3 is 1.40 bits per heavy atom. The molecule has 3 nitrogen and oxygen atoms in total. The highest BCUT2D eigenvalue weighted by Gasteiger charge is 2.52. The fraction of sp³-hybridized carbons (Fsp3) is 0.0465. The standard InChI is InChI=1S/C86H60N2O/c1-57-70(62-26-9-4-10-27-62)32-21-40-82(57)88(67-50-44-61(45-51-67)59-24-7-3-8-25-59)69-55-64(71-33-20-39-81-84(71)77-31-13-17-38-80(77)86(81)78-36-15-11-28-73(78)74-29-12-16-37-79(74)86)54-68(56-69)87(65-48-42-60(43-49-65)58-22-5-2-6-23-58)66-52-46-63(47-53-66)72-34-19-35-76-75-30-14-18-41-83(75)89-85(72)76/h2-57,70H,1H3. The minimum atomic E-state index is -0.510. The molecule has 0 saturated heterocycles. The molecule has 0 bridgehead atoms. The second-order valence-electron chi connectivity index (χ2n) is 23.9. The predicted octanol–water partition coefficient (Wildman–Crippen LogP) is 23.1. The molecule has 3 heteroatoms. The average molecular weight is 1140 g/mol. The Balaban J connectivity index is 0.917. The molecule has 14 aromatic rings. The van der Waals surface area contributed by atoms with Gasteiger partial charge in [-0.15, -0.1) is 0 Å². The molecule has 3 aliphatic carbocycles. The quantitative estimate of drug-likeness (QED) is 0.129. The molecule has 0 fully saturated rings. The van der Waals surface area contributed by atoms with Gasteiger partial charge in [-0.2, -0.15) is 0 Å². The van der Waals surface area contributed by atoms with Crippen molar-refractivity contribution >= 4 is 50.4 Å². The molecule has 1 aromatic heterocycles. The maximum absolute atomic E-state index is 6.64. The molecular formula is C86H60N2O. The van der Waals surface area contributed by atoms with Gasteiger partial charge in [-0.25, -0.2) is 0 Å². The summed E-state index contributed by atoms with van der Waals surface area (Å²) in [4.78, 5) is 5.00. The van der Waals surface area contributed by atoms with Crippen LogP contribution in [0.15, 0.2) is 344 Å². The first-order chi connectivity index (χ1) is 44.1. The zero-order valence-corrected chi connectivity index (χ0v) is 49.2. The monoisotopic (exact) mass is 1140 g/mol. The van der Waals surface area contributed by atoms with Crippen LogP contribution >= 0.6 is 0 Å². The normalized spacial score (nSPS) is 14.9. The minimum Gasteiger partial charge on any atom is -0.455 e. The zero-order chi connectivity index (χ0) is 59.0. The lowest BCUT2D eigenvalue weighted by molar-refractivity contribution is 0.588. The Labute approximate surface area is 519 Å². The van der Waals surface area contributed by atoms with Crippen molar-refractivity contribution in [2.45, 2.75) is 18.3 Å². The average Bonchev–Trinajstić information content (AvgIpc) is 1.51. The van der Waals surface area contributed by atoms with Crippen LogP contribution in [0.5, 0.6) is 0 Å². The molecule has 13 aromatic carbocycles. The lowest BCUT2D eigenvalue weighted by atomic mass is 9.70. The molecule has 0 amide bonds. The van der Waals surface area contributed by atoms with Crippen LogP contribution in [-0.4, -0.2) is 0 Å². The van der Waals surface area contributed by atoms with E-state index in [1.165, 1.54) is 78.0 Å². The molecule has 0 radical (unpaired) electrons. The van der Waals surface area contributed by atoms with Gasteiger partial charge in [0.1, 0.15) is 11.2 Å². The fourth-order valence-corrected chi connectivity index (χ4v) is 15.0. The number of anilines is 5. The zero-order valence-electron chi connectivity index (χ0n) is 49.2. The summed E-state index contributed by atoms with van der Waals surface area (Å²) < 4.78 is 6.64. The lowest BCUT2D eigenvalue weighted by Crippen LogP contribution is -2.26. The van der Waals surface area contributed by atoms with Gasteiger partial charge in [0.15, 0.2) is 0 Å². The van der Waals surface area contributed by atoms with Crippen LogP contribution in [0.25, 0.3) is 88.7 Å². The van der Waals surface area contributed by atoms with Crippen LogP contribution in [-0.2, 0) is 5.41 Å². The van der Waals surface area contributed by atoms with Crippen molar-refractivity contribution in [2.24, 2.45) is 5.92 Å². The molecule has 0 N–H and O–H groups in total. The highest BCUT2D eigenvalue weighted by molar-refractivity contribution is 6.10. The number of rotatable bonds is 11. The molecule has 1 spiro atoms. The van der Waals surface area contributed by atoms with Crippen LogP contribution < -0.4 is 9.80 Å². The van der Waals surface area contributed by atoms with E-state index >= 15 is 0 Å². The number of hydrogen-bond donors (Lipinski definition) is 0. The second-order valence-corrected chi connectivity index (χ2v) is 23.9. The summed E-state index contributed by atoms with van der Waals surface area (Å²) in [5.74, 6) is 0.250. The number of fused-ring (bicyclic) bond motifs is 13. The molecule has 89 heavy (non-hydrogen) atoms. The van der Waals surface area contributed by atoms with Crippen LogP contribution in [0, 0.1) is 5.92 Å². The van der Waals surface area contributed by atoms with Gasteiger partial charge < -0.3 is 14.2 Å². The van der Waals surface area contributed by atoms with E-state index in [4.69, 9.17) is 4.42 Å². The van der Waals surface area contributed by atoms with Gasteiger partial charge in [-0.05, 0) is 156 Å². The van der Waals surface area contributed by atoms with Crippen LogP contribution in [0.1, 0.15) is 40.7 Å². The third-order valence-corrected chi connectivity index (χ3v) is 19.1. The molecule has 1 heterocycles. The lowest BCUT2D eigenvalue weighted by Gasteiger charge is -2.37. The fourth-order valence-electron chi connectivity index (χ4n) is 15.0. The topological polar surface area (TPSA) is 19.6 Å². The Kier molecular flexibility index (Phi) is 12.5. The van der Waals surface area contributed by atoms with Crippen LogP contribution in [0.2, 0.25) is 0 Å². The van der Waals surface area contributed by atoms with Crippen molar-refractivity contribution in [3.05, 3.63) is 367 Å². The number of allylic oxidation sites excluding steroid dienone is 4. The highest BCUT2D eigenvalue weighted by Crippen LogP contribution is 2.64. The largest absolute Gasteiger partial charge is 0.455 e. The van der Waals surface area contributed by atoms with E-state index in [9.17, 15) is 0 Å². The molecular weight excluding hydrogens is 1080 g/mol. The molecule has 17 rings (SSSR count). The van der Waals surface area contributed by atoms with Crippen molar-refractivity contribution in [3.63, 3.8) is 0 Å². The Bertz CT molecular complexity index is 5030. The van der Waals surface area contributed by atoms with E-state index in [2.05, 4.69) is 344 Å².